The van der Waals surface area contributed by atoms with Gasteiger partial charge >= 0.3 is 0 Å². The summed E-state index contributed by atoms with van der Waals surface area (Å²) >= 11 is 3.39. The van der Waals surface area contributed by atoms with Crippen molar-refractivity contribution in [3.8, 4) is 5.75 Å². The van der Waals surface area contributed by atoms with Crippen molar-refractivity contribution in [2.45, 2.75) is 19.9 Å². The standard InChI is InChI=1S/C20H18BrN5O2/c1-12-16(9-13-5-3-2-4-6-13)18(28)26-20(23-12)24-19(25-26)22-11-14-10-15(21)7-8-17(14)27/h2-8,10,27H,9,11H2,1H3,(H2,22,23,24,25). The molecule has 0 spiro atoms. The average Bonchev–Trinajstić information content (AvgIpc) is 3.09. The van der Waals surface area contributed by atoms with Crippen molar-refractivity contribution in [3.05, 3.63) is 85.7 Å². The molecule has 0 amide bonds. The van der Waals surface area contributed by atoms with E-state index in [2.05, 4.69) is 36.3 Å². The van der Waals surface area contributed by atoms with Crippen molar-refractivity contribution in [3.63, 3.8) is 0 Å². The maximum absolute atomic E-state index is 12.9. The minimum atomic E-state index is -0.169. The van der Waals surface area contributed by atoms with E-state index in [4.69, 9.17) is 0 Å². The number of fused-ring (bicyclic) bond motifs is 1. The van der Waals surface area contributed by atoms with Crippen molar-refractivity contribution in [1.82, 2.24) is 19.6 Å². The number of aromatic hydroxyl groups is 1. The van der Waals surface area contributed by atoms with Gasteiger partial charge in [-0.1, -0.05) is 46.3 Å². The van der Waals surface area contributed by atoms with E-state index in [1.54, 1.807) is 12.1 Å². The Balaban J connectivity index is 1.63. The van der Waals surface area contributed by atoms with E-state index in [9.17, 15) is 9.90 Å². The van der Waals surface area contributed by atoms with Crippen molar-refractivity contribution in [1.29, 1.82) is 0 Å². The second kappa shape index (κ2) is 7.47. The van der Waals surface area contributed by atoms with Crippen molar-refractivity contribution >= 4 is 27.7 Å². The van der Waals surface area contributed by atoms with Gasteiger partial charge in [0.1, 0.15) is 5.75 Å². The minimum Gasteiger partial charge on any atom is -0.508 e. The fourth-order valence-corrected chi connectivity index (χ4v) is 3.42. The molecular formula is C20H18BrN5O2. The third kappa shape index (κ3) is 3.63. The second-order valence-electron chi connectivity index (χ2n) is 6.48. The molecule has 0 radical (unpaired) electrons. The van der Waals surface area contributed by atoms with Crippen molar-refractivity contribution < 1.29 is 5.11 Å². The molecule has 3 N–H and O–H groups in total. The van der Waals surface area contributed by atoms with Crippen LogP contribution in [0.3, 0.4) is 0 Å². The molecule has 2 aromatic carbocycles. The van der Waals surface area contributed by atoms with Crippen LogP contribution in [-0.4, -0.2) is 24.7 Å². The first-order chi connectivity index (χ1) is 13.5. The Kier molecular flexibility index (Phi) is 4.87. The Labute approximate surface area is 169 Å². The SMILES string of the molecule is Cc1nc2nc(NCc3cc(Br)ccc3O)[nH]n2c(=O)c1Cc1ccccc1. The molecule has 4 aromatic rings. The van der Waals surface area contributed by atoms with Gasteiger partial charge in [-0.05, 0) is 30.7 Å². The van der Waals surface area contributed by atoms with E-state index in [0.717, 1.165) is 10.0 Å². The monoisotopic (exact) mass is 439 g/mol. The highest BCUT2D eigenvalue weighted by molar-refractivity contribution is 9.10. The zero-order valence-corrected chi connectivity index (χ0v) is 16.7. The summed E-state index contributed by atoms with van der Waals surface area (Å²) in [5.74, 6) is 0.892. The van der Waals surface area contributed by atoms with E-state index < -0.39 is 0 Å². The summed E-state index contributed by atoms with van der Waals surface area (Å²) in [6.07, 6.45) is 0.509. The lowest BCUT2D eigenvalue weighted by molar-refractivity contribution is 0.469. The fraction of sp³-hybridized carbons (Fsp3) is 0.150. The molecular weight excluding hydrogens is 422 g/mol. The zero-order chi connectivity index (χ0) is 19.7. The first-order valence-corrected chi connectivity index (χ1v) is 9.54. The Hall–Kier alpha value is -3.13. The number of hydrogen-bond donors (Lipinski definition) is 3. The zero-order valence-electron chi connectivity index (χ0n) is 15.1. The maximum atomic E-state index is 12.9. The highest BCUT2D eigenvalue weighted by Gasteiger charge is 2.14. The predicted octanol–water partition coefficient (Wildman–Crippen LogP) is 3.40. The summed E-state index contributed by atoms with van der Waals surface area (Å²) in [5.41, 5.74) is 2.88. The summed E-state index contributed by atoms with van der Waals surface area (Å²) in [7, 11) is 0. The number of nitrogens with zero attached hydrogens (tertiary/aromatic N) is 3. The number of anilines is 1. The van der Waals surface area contributed by atoms with Crippen LogP contribution in [-0.2, 0) is 13.0 Å². The molecule has 0 bridgehead atoms. The molecule has 28 heavy (non-hydrogen) atoms. The van der Waals surface area contributed by atoms with Crippen LogP contribution in [0.2, 0.25) is 0 Å². The number of aryl methyl sites for hydroxylation is 1. The van der Waals surface area contributed by atoms with Gasteiger partial charge in [0.15, 0.2) is 0 Å². The highest BCUT2D eigenvalue weighted by Crippen LogP contribution is 2.22. The summed E-state index contributed by atoms with van der Waals surface area (Å²) in [4.78, 5) is 21.7. The quantitative estimate of drug-likeness (QED) is 0.442. The largest absolute Gasteiger partial charge is 0.508 e. The topological polar surface area (TPSA) is 95.3 Å². The number of halogens is 1. The molecule has 0 aliphatic carbocycles. The Bertz CT molecular complexity index is 1200. The minimum absolute atomic E-state index is 0.169. The molecule has 2 heterocycles. The van der Waals surface area contributed by atoms with Crippen LogP contribution < -0.4 is 10.9 Å². The van der Waals surface area contributed by atoms with Crippen LogP contribution in [0.5, 0.6) is 5.75 Å². The van der Waals surface area contributed by atoms with Crippen molar-refractivity contribution in [2.75, 3.05) is 5.32 Å². The Morgan fingerprint density at radius 1 is 1.18 bits per heavy atom. The Morgan fingerprint density at radius 2 is 1.96 bits per heavy atom. The maximum Gasteiger partial charge on any atom is 0.277 e. The van der Waals surface area contributed by atoms with Crippen LogP contribution in [0, 0.1) is 6.92 Å². The molecule has 142 valence electrons. The van der Waals surface area contributed by atoms with E-state index in [1.165, 1.54) is 4.52 Å². The van der Waals surface area contributed by atoms with E-state index >= 15 is 0 Å². The third-order valence-electron chi connectivity index (χ3n) is 4.51. The van der Waals surface area contributed by atoms with Crippen LogP contribution >= 0.6 is 15.9 Å². The fourth-order valence-electron chi connectivity index (χ4n) is 3.01. The summed E-state index contributed by atoms with van der Waals surface area (Å²) in [6.45, 7) is 2.16. The van der Waals surface area contributed by atoms with Gasteiger partial charge in [-0.25, -0.2) is 4.98 Å². The molecule has 7 nitrogen and oxygen atoms in total. The number of benzene rings is 2. The number of hydrogen-bond acceptors (Lipinski definition) is 5. The lowest BCUT2D eigenvalue weighted by Gasteiger charge is -2.06. The molecule has 8 heteroatoms. The first kappa shape index (κ1) is 18.2. The highest BCUT2D eigenvalue weighted by atomic mass is 79.9. The van der Waals surface area contributed by atoms with E-state index in [1.807, 2.05) is 43.3 Å². The molecule has 0 unspecified atom stereocenters. The van der Waals surface area contributed by atoms with Crippen LogP contribution in [0.1, 0.15) is 22.4 Å². The second-order valence-corrected chi connectivity index (χ2v) is 7.39. The third-order valence-corrected chi connectivity index (χ3v) is 5.00. The lowest BCUT2D eigenvalue weighted by Crippen LogP contribution is -2.22. The summed E-state index contributed by atoms with van der Waals surface area (Å²) in [5, 5.41) is 16.0. The molecule has 0 atom stereocenters. The number of H-pyrrole nitrogens is 1. The van der Waals surface area contributed by atoms with Gasteiger partial charge in [0.05, 0.1) is 5.69 Å². The van der Waals surface area contributed by atoms with Gasteiger partial charge in [-0.2, -0.15) is 9.50 Å². The molecule has 0 aliphatic rings. The lowest BCUT2D eigenvalue weighted by atomic mass is 10.1. The molecule has 4 rings (SSSR count). The number of nitrogens with one attached hydrogen (secondary N) is 2. The van der Waals surface area contributed by atoms with E-state index in [0.29, 0.717) is 41.5 Å². The first-order valence-electron chi connectivity index (χ1n) is 8.74. The number of rotatable bonds is 5. The molecule has 0 saturated carbocycles. The molecule has 2 aromatic heterocycles. The van der Waals surface area contributed by atoms with Crippen molar-refractivity contribution in [2.24, 2.45) is 0 Å². The predicted molar refractivity (Wildman–Crippen MR) is 111 cm³/mol. The van der Waals surface area contributed by atoms with Gasteiger partial charge in [0.25, 0.3) is 11.3 Å². The normalized spacial score (nSPS) is 11.1. The molecule has 0 saturated heterocycles. The van der Waals surface area contributed by atoms with Crippen LogP contribution in [0.25, 0.3) is 5.78 Å². The van der Waals surface area contributed by atoms with E-state index in [-0.39, 0.29) is 11.3 Å². The molecule has 0 aliphatic heterocycles. The summed E-state index contributed by atoms with van der Waals surface area (Å²) < 4.78 is 2.21. The molecule has 0 fully saturated rings. The summed E-state index contributed by atoms with van der Waals surface area (Å²) in [6, 6.07) is 15.0. The smallest absolute Gasteiger partial charge is 0.277 e. The number of phenols is 1. The average molecular weight is 440 g/mol. The number of phenolic OH excluding ortho intramolecular Hbond substituents is 1. The van der Waals surface area contributed by atoms with Crippen LogP contribution in [0.4, 0.5) is 5.95 Å². The number of aromatic amines is 1. The Morgan fingerprint density at radius 3 is 2.75 bits per heavy atom. The van der Waals surface area contributed by atoms with Gasteiger partial charge in [-0.15, -0.1) is 0 Å². The van der Waals surface area contributed by atoms with Gasteiger partial charge in [0, 0.05) is 28.6 Å². The van der Waals surface area contributed by atoms with Gasteiger partial charge in [0.2, 0.25) is 5.95 Å². The van der Waals surface area contributed by atoms with Gasteiger partial charge < -0.3 is 10.4 Å². The van der Waals surface area contributed by atoms with Crippen LogP contribution in [0.15, 0.2) is 57.8 Å². The van der Waals surface area contributed by atoms with Gasteiger partial charge in [-0.3, -0.25) is 9.89 Å². The number of aromatic nitrogens is 4.